The smallest absolute Gasteiger partial charge is 0.337 e. The van der Waals surface area contributed by atoms with E-state index in [2.05, 4.69) is 0 Å². The van der Waals surface area contributed by atoms with Crippen molar-refractivity contribution in [2.45, 2.75) is 25.7 Å². The van der Waals surface area contributed by atoms with E-state index in [9.17, 15) is 33.9 Å². The van der Waals surface area contributed by atoms with E-state index in [1.54, 1.807) is 0 Å². The highest BCUT2D eigenvalue weighted by Crippen LogP contribution is 2.45. The van der Waals surface area contributed by atoms with Crippen LogP contribution in [-0.2, 0) is 19.2 Å². The lowest BCUT2D eigenvalue weighted by atomic mass is 9.96. The van der Waals surface area contributed by atoms with Gasteiger partial charge >= 0.3 is 11.9 Å². The SMILES string of the molecule is O=C(O)c1ccc(-c2ccc(C(=O)O)c(N3C(=O)CCC3=O)c2N2C(=O)CCC2=O)cc1. The molecule has 10 heteroatoms. The molecular formula is C22H16N2O8. The highest BCUT2D eigenvalue weighted by atomic mass is 16.4. The van der Waals surface area contributed by atoms with E-state index in [1.165, 1.54) is 36.4 Å². The van der Waals surface area contributed by atoms with E-state index in [0.717, 1.165) is 4.90 Å². The third kappa shape index (κ3) is 3.31. The molecule has 2 aliphatic rings. The summed E-state index contributed by atoms with van der Waals surface area (Å²) in [5, 5.41) is 18.9. The molecule has 0 radical (unpaired) electrons. The molecule has 0 atom stereocenters. The summed E-state index contributed by atoms with van der Waals surface area (Å²) >= 11 is 0. The number of carbonyl (C=O) groups is 6. The van der Waals surface area contributed by atoms with E-state index in [-0.39, 0.29) is 48.2 Å². The number of amides is 4. The monoisotopic (exact) mass is 436 g/mol. The zero-order valence-electron chi connectivity index (χ0n) is 16.5. The van der Waals surface area contributed by atoms with Gasteiger partial charge in [0.05, 0.1) is 22.5 Å². The van der Waals surface area contributed by atoms with Crippen LogP contribution in [0.5, 0.6) is 0 Å². The molecule has 2 aromatic rings. The molecule has 0 bridgehead atoms. The fourth-order valence-corrected chi connectivity index (χ4v) is 3.88. The topological polar surface area (TPSA) is 149 Å². The first-order chi connectivity index (χ1) is 15.2. The normalized spacial score (nSPS) is 16.2. The minimum absolute atomic E-state index is 0.00379. The minimum atomic E-state index is -1.44. The Morgan fingerprint density at radius 2 is 1.09 bits per heavy atom. The molecule has 0 aliphatic carbocycles. The number of benzene rings is 2. The number of nitrogens with zero attached hydrogens (tertiary/aromatic N) is 2. The predicted molar refractivity (Wildman–Crippen MR) is 109 cm³/mol. The van der Waals surface area contributed by atoms with Crippen LogP contribution in [0.2, 0.25) is 0 Å². The molecule has 2 aliphatic heterocycles. The van der Waals surface area contributed by atoms with Crippen molar-refractivity contribution in [1.29, 1.82) is 0 Å². The Bertz CT molecular complexity index is 1180. The number of carboxylic acids is 2. The van der Waals surface area contributed by atoms with Crippen molar-refractivity contribution in [3.05, 3.63) is 47.5 Å². The van der Waals surface area contributed by atoms with Gasteiger partial charge in [0.25, 0.3) is 0 Å². The molecule has 0 spiro atoms. The zero-order valence-corrected chi connectivity index (χ0v) is 16.5. The lowest BCUT2D eigenvalue weighted by molar-refractivity contribution is -0.123. The maximum atomic E-state index is 12.6. The first kappa shape index (κ1) is 20.9. The second-order valence-corrected chi connectivity index (χ2v) is 7.29. The number of hydrogen-bond donors (Lipinski definition) is 2. The number of carboxylic acid groups (broad SMARTS) is 2. The molecule has 2 N–H and O–H groups in total. The van der Waals surface area contributed by atoms with Crippen molar-refractivity contribution in [3.8, 4) is 11.1 Å². The number of hydrogen-bond acceptors (Lipinski definition) is 6. The minimum Gasteiger partial charge on any atom is -0.478 e. The summed E-state index contributed by atoms with van der Waals surface area (Å²) in [5.41, 5.74) is -0.358. The fourth-order valence-electron chi connectivity index (χ4n) is 3.88. The van der Waals surface area contributed by atoms with Crippen molar-refractivity contribution < 1.29 is 39.0 Å². The number of aromatic carboxylic acids is 2. The molecule has 2 fully saturated rings. The van der Waals surface area contributed by atoms with Gasteiger partial charge in [-0.05, 0) is 23.8 Å². The van der Waals surface area contributed by atoms with Crippen LogP contribution >= 0.6 is 0 Å². The first-order valence-electron chi connectivity index (χ1n) is 9.66. The van der Waals surface area contributed by atoms with Crippen LogP contribution in [0.4, 0.5) is 11.4 Å². The molecule has 0 aromatic heterocycles. The van der Waals surface area contributed by atoms with Gasteiger partial charge in [-0.3, -0.25) is 19.2 Å². The Labute approximate surface area is 180 Å². The van der Waals surface area contributed by atoms with Crippen LogP contribution in [0, 0.1) is 0 Å². The summed E-state index contributed by atoms with van der Waals surface area (Å²) in [6, 6.07) is 8.04. The largest absolute Gasteiger partial charge is 0.478 e. The average Bonchev–Trinajstić information content (AvgIpc) is 3.27. The van der Waals surface area contributed by atoms with Gasteiger partial charge in [0, 0.05) is 31.2 Å². The molecule has 0 saturated carbocycles. The third-order valence-electron chi connectivity index (χ3n) is 5.37. The van der Waals surface area contributed by atoms with E-state index in [1.807, 2.05) is 0 Å². The van der Waals surface area contributed by atoms with Crippen LogP contribution in [0.25, 0.3) is 11.1 Å². The lowest BCUT2D eigenvalue weighted by Crippen LogP contribution is -2.36. The van der Waals surface area contributed by atoms with Gasteiger partial charge in [0.1, 0.15) is 0 Å². The third-order valence-corrected chi connectivity index (χ3v) is 5.37. The van der Waals surface area contributed by atoms with E-state index in [4.69, 9.17) is 5.11 Å². The molecule has 32 heavy (non-hydrogen) atoms. The molecule has 4 rings (SSSR count). The Morgan fingerprint density at radius 3 is 1.53 bits per heavy atom. The average molecular weight is 436 g/mol. The van der Waals surface area contributed by atoms with E-state index in [0.29, 0.717) is 10.5 Å². The molecule has 162 valence electrons. The van der Waals surface area contributed by atoms with Crippen LogP contribution in [0.1, 0.15) is 46.4 Å². The summed E-state index contributed by atoms with van der Waals surface area (Å²) in [6.45, 7) is 0. The summed E-state index contributed by atoms with van der Waals surface area (Å²) in [7, 11) is 0. The molecule has 0 unspecified atom stereocenters. The van der Waals surface area contributed by atoms with Gasteiger partial charge in [0.15, 0.2) is 0 Å². The Morgan fingerprint density at radius 1 is 0.625 bits per heavy atom. The lowest BCUT2D eigenvalue weighted by Gasteiger charge is -2.27. The Kier molecular flexibility index (Phi) is 5.05. The standard InChI is InChI=1S/C22H16N2O8/c25-15-7-8-16(26)23(15)19-13(11-1-3-12(4-2-11)21(29)30)5-6-14(22(31)32)20(19)24-17(27)9-10-18(24)28/h1-6H,7-10H2,(H,29,30)(H,31,32). The maximum absolute atomic E-state index is 12.6. The Hall–Kier alpha value is -4.34. The van der Waals surface area contributed by atoms with E-state index >= 15 is 0 Å². The molecule has 2 aromatic carbocycles. The molecule has 10 nitrogen and oxygen atoms in total. The molecular weight excluding hydrogens is 420 g/mol. The number of rotatable bonds is 5. The van der Waals surface area contributed by atoms with Crippen molar-refractivity contribution in [2.24, 2.45) is 0 Å². The highest BCUT2D eigenvalue weighted by molar-refractivity contribution is 6.29. The van der Waals surface area contributed by atoms with Crippen LogP contribution < -0.4 is 9.80 Å². The zero-order chi connectivity index (χ0) is 23.2. The van der Waals surface area contributed by atoms with Crippen molar-refractivity contribution in [3.63, 3.8) is 0 Å². The van der Waals surface area contributed by atoms with Crippen molar-refractivity contribution in [1.82, 2.24) is 0 Å². The number of anilines is 2. The Balaban J connectivity index is 2.05. The summed E-state index contributed by atoms with van der Waals surface area (Å²) in [4.78, 5) is 75.0. The van der Waals surface area contributed by atoms with Crippen LogP contribution in [0.15, 0.2) is 36.4 Å². The summed E-state index contributed by atoms with van der Waals surface area (Å²) < 4.78 is 0. The first-order valence-corrected chi connectivity index (χ1v) is 9.66. The fraction of sp³-hybridized carbons (Fsp3) is 0.182. The van der Waals surface area contributed by atoms with Gasteiger partial charge in [-0.2, -0.15) is 0 Å². The molecule has 4 amide bonds. The highest BCUT2D eigenvalue weighted by Gasteiger charge is 2.41. The molecule has 2 saturated heterocycles. The van der Waals surface area contributed by atoms with Crippen LogP contribution in [0.3, 0.4) is 0 Å². The van der Waals surface area contributed by atoms with Gasteiger partial charge in [0.2, 0.25) is 23.6 Å². The maximum Gasteiger partial charge on any atom is 0.337 e. The number of imide groups is 2. The van der Waals surface area contributed by atoms with Gasteiger partial charge in [-0.15, -0.1) is 0 Å². The van der Waals surface area contributed by atoms with Crippen molar-refractivity contribution in [2.75, 3.05) is 9.80 Å². The summed E-state index contributed by atoms with van der Waals surface area (Å²) in [6.07, 6.45) is -0.461. The second-order valence-electron chi connectivity index (χ2n) is 7.29. The molecule has 2 heterocycles. The summed E-state index contributed by atoms with van der Waals surface area (Å²) in [5.74, 6) is -5.08. The van der Waals surface area contributed by atoms with Gasteiger partial charge in [-0.1, -0.05) is 18.2 Å². The second kappa shape index (κ2) is 7.73. The van der Waals surface area contributed by atoms with Gasteiger partial charge < -0.3 is 10.2 Å². The predicted octanol–water partition coefficient (Wildman–Crippen LogP) is 2.06. The van der Waals surface area contributed by atoms with Crippen molar-refractivity contribution >= 4 is 46.9 Å². The number of carbonyl (C=O) groups excluding carboxylic acids is 4. The van der Waals surface area contributed by atoms with Gasteiger partial charge in [-0.25, -0.2) is 19.4 Å². The quantitative estimate of drug-likeness (QED) is 0.677. The van der Waals surface area contributed by atoms with E-state index < -0.39 is 41.1 Å². The van der Waals surface area contributed by atoms with Crippen LogP contribution in [-0.4, -0.2) is 45.8 Å².